The van der Waals surface area contributed by atoms with Gasteiger partial charge in [-0.1, -0.05) is 26.0 Å². The molecule has 88 valence electrons. The van der Waals surface area contributed by atoms with Crippen LogP contribution in [0, 0.1) is 5.92 Å². The van der Waals surface area contributed by atoms with Crippen molar-refractivity contribution in [3.8, 4) is 5.75 Å². The quantitative estimate of drug-likeness (QED) is 0.801. The molecule has 16 heavy (non-hydrogen) atoms. The Morgan fingerprint density at radius 1 is 1.19 bits per heavy atom. The van der Waals surface area contributed by atoms with Crippen LogP contribution in [0.5, 0.6) is 5.75 Å². The van der Waals surface area contributed by atoms with Gasteiger partial charge in [0.2, 0.25) is 0 Å². The van der Waals surface area contributed by atoms with Crippen LogP contribution >= 0.6 is 0 Å². The third-order valence-electron chi connectivity index (χ3n) is 3.81. The maximum Gasteiger partial charge on any atom is 0.115 e. The molecule has 1 fully saturated rings. The van der Waals surface area contributed by atoms with Crippen LogP contribution in [0.4, 0.5) is 0 Å². The van der Waals surface area contributed by atoms with E-state index in [1.54, 1.807) is 12.1 Å². The first-order chi connectivity index (χ1) is 7.65. The highest BCUT2D eigenvalue weighted by atomic mass is 16.3. The van der Waals surface area contributed by atoms with Crippen LogP contribution in [0.2, 0.25) is 0 Å². The van der Waals surface area contributed by atoms with Gasteiger partial charge in [0.15, 0.2) is 0 Å². The largest absolute Gasteiger partial charge is 0.508 e. The highest BCUT2D eigenvalue weighted by Gasteiger charge is 2.36. The van der Waals surface area contributed by atoms with Gasteiger partial charge in [-0.3, -0.25) is 0 Å². The van der Waals surface area contributed by atoms with E-state index in [2.05, 4.69) is 19.2 Å². The lowest BCUT2D eigenvalue weighted by Crippen LogP contribution is -2.49. The molecule has 2 N–H and O–H groups in total. The molecule has 0 saturated carbocycles. The Kier molecular flexibility index (Phi) is 3.20. The molecule has 1 aromatic carbocycles. The van der Waals surface area contributed by atoms with Crippen LogP contribution < -0.4 is 5.32 Å². The van der Waals surface area contributed by atoms with E-state index in [-0.39, 0.29) is 5.54 Å². The number of benzene rings is 1. The van der Waals surface area contributed by atoms with Crippen molar-refractivity contribution in [3.63, 3.8) is 0 Å². The normalized spacial score (nSPS) is 25.9. The molecule has 0 aliphatic carbocycles. The van der Waals surface area contributed by atoms with Crippen molar-refractivity contribution < 1.29 is 5.11 Å². The second kappa shape index (κ2) is 4.46. The molecule has 2 nitrogen and oxygen atoms in total. The number of rotatable bonds is 2. The molecule has 1 heterocycles. The fraction of sp³-hybridized carbons (Fsp3) is 0.571. The van der Waals surface area contributed by atoms with Crippen molar-refractivity contribution in [3.05, 3.63) is 29.8 Å². The van der Waals surface area contributed by atoms with Crippen LogP contribution in [-0.4, -0.2) is 11.7 Å². The van der Waals surface area contributed by atoms with Gasteiger partial charge in [0.1, 0.15) is 5.75 Å². The topological polar surface area (TPSA) is 32.3 Å². The average molecular weight is 219 g/mol. The lowest BCUT2D eigenvalue weighted by Gasteiger charge is -2.42. The summed E-state index contributed by atoms with van der Waals surface area (Å²) in [6, 6.07) is 7.67. The minimum atomic E-state index is 0.103. The third kappa shape index (κ3) is 1.94. The molecule has 0 aromatic heterocycles. The van der Waals surface area contributed by atoms with Gasteiger partial charge in [-0.05, 0) is 49.4 Å². The summed E-state index contributed by atoms with van der Waals surface area (Å²) < 4.78 is 0. The first-order valence-electron chi connectivity index (χ1n) is 6.20. The van der Waals surface area contributed by atoms with Gasteiger partial charge in [-0.2, -0.15) is 0 Å². The maximum absolute atomic E-state index is 9.36. The molecule has 1 aliphatic heterocycles. The molecule has 1 aliphatic rings. The molecule has 1 saturated heterocycles. The van der Waals surface area contributed by atoms with Crippen LogP contribution in [0.3, 0.4) is 0 Å². The molecule has 0 bridgehead atoms. The SMILES string of the molecule is CC(C)C1(c2ccc(O)cc2)CCCCN1. The molecule has 1 aromatic rings. The van der Waals surface area contributed by atoms with Crippen LogP contribution in [0.25, 0.3) is 0 Å². The number of aromatic hydroxyl groups is 1. The van der Waals surface area contributed by atoms with Gasteiger partial charge >= 0.3 is 0 Å². The fourth-order valence-electron chi connectivity index (χ4n) is 2.76. The van der Waals surface area contributed by atoms with Gasteiger partial charge < -0.3 is 10.4 Å². The van der Waals surface area contributed by atoms with Crippen LogP contribution in [-0.2, 0) is 5.54 Å². The maximum atomic E-state index is 9.36. The second-order valence-electron chi connectivity index (χ2n) is 5.06. The summed E-state index contributed by atoms with van der Waals surface area (Å²) in [5, 5.41) is 13.0. The molecule has 1 atom stereocenters. The summed E-state index contributed by atoms with van der Waals surface area (Å²) >= 11 is 0. The van der Waals surface area contributed by atoms with Gasteiger partial charge in [0.05, 0.1) is 0 Å². The van der Waals surface area contributed by atoms with Crippen LogP contribution in [0.1, 0.15) is 38.7 Å². The third-order valence-corrected chi connectivity index (χ3v) is 3.81. The van der Waals surface area contributed by atoms with E-state index >= 15 is 0 Å². The Hall–Kier alpha value is -1.02. The van der Waals surface area contributed by atoms with E-state index in [4.69, 9.17) is 0 Å². The monoisotopic (exact) mass is 219 g/mol. The van der Waals surface area contributed by atoms with Crippen molar-refractivity contribution in [2.75, 3.05) is 6.54 Å². The van der Waals surface area contributed by atoms with Crippen molar-refractivity contribution in [2.45, 2.75) is 38.6 Å². The zero-order chi connectivity index (χ0) is 11.6. The van der Waals surface area contributed by atoms with E-state index < -0.39 is 0 Å². The van der Waals surface area contributed by atoms with Crippen molar-refractivity contribution in [1.29, 1.82) is 0 Å². The number of hydrogen-bond donors (Lipinski definition) is 2. The standard InChI is InChI=1S/C14H21NO/c1-11(2)14(9-3-4-10-15-14)12-5-7-13(16)8-6-12/h5-8,11,15-16H,3-4,9-10H2,1-2H3. The van der Waals surface area contributed by atoms with E-state index in [9.17, 15) is 5.11 Å². The van der Waals surface area contributed by atoms with Crippen molar-refractivity contribution >= 4 is 0 Å². The minimum Gasteiger partial charge on any atom is -0.508 e. The summed E-state index contributed by atoms with van der Waals surface area (Å²) in [6.07, 6.45) is 3.74. The first-order valence-corrected chi connectivity index (χ1v) is 6.20. The zero-order valence-electron chi connectivity index (χ0n) is 10.2. The highest BCUT2D eigenvalue weighted by Crippen LogP contribution is 2.37. The van der Waals surface area contributed by atoms with Gasteiger partial charge in [-0.15, -0.1) is 0 Å². The zero-order valence-corrected chi connectivity index (χ0v) is 10.2. The number of hydrogen-bond acceptors (Lipinski definition) is 2. The summed E-state index contributed by atoms with van der Waals surface area (Å²) in [5.41, 5.74) is 1.41. The lowest BCUT2D eigenvalue weighted by molar-refractivity contribution is 0.184. The molecule has 0 radical (unpaired) electrons. The predicted molar refractivity (Wildman–Crippen MR) is 66.5 cm³/mol. The van der Waals surface area contributed by atoms with Crippen molar-refractivity contribution in [2.24, 2.45) is 5.92 Å². The summed E-state index contributed by atoms with van der Waals surface area (Å²) in [6.45, 7) is 5.63. The first kappa shape index (κ1) is 11.5. The fourth-order valence-corrected chi connectivity index (χ4v) is 2.76. The van der Waals surface area contributed by atoms with Crippen molar-refractivity contribution in [1.82, 2.24) is 5.32 Å². The Balaban J connectivity index is 2.34. The van der Waals surface area contributed by atoms with E-state index in [0.29, 0.717) is 11.7 Å². The number of piperidine rings is 1. The number of phenols is 1. The van der Waals surface area contributed by atoms with Gasteiger partial charge in [-0.25, -0.2) is 0 Å². The highest BCUT2D eigenvalue weighted by molar-refractivity contribution is 5.32. The van der Waals surface area contributed by atoms with E-state index in [1.807, 2.05) is 12.1 Å². The molecule has 0 amide bonds. The Morgan fingerprint density at radius 2 is 1.88 bits per heavy atom. The smallest absolute Gasteiger partial charge is 0.115 e. The Morgan fingerprint density at radius 3 is 2.38 bits per heavy atom. The summed E-state index contributed by atoms with van der Waals surface area (Å²) in [5.74, 6) is 0.913. The van der Waals surface area contributed by atoms with Gasteiger partial charge in [0.25, 0.3) is 0 Å². The lowest BCUT2D eigenvalue weighted by atomic mass is 9.74. The predicted octanol–water partition coefficient (Wildman–Crippen LogP) is 3.02. The Labute approximate surface area is 97.7 Å². The summed E-state index contributed by atoms with van der Waals surface area (Å²) in [4.78, 5) is 0. The molecule has 0 spiro atoms. The van der Waals surface area contributed by atoms with Gasteiger partial charge in [0, 0.05) is 5.54 Å². The second-order valence-corrected chi connectivity index (χ2v) is 5.06. The number of phenolic OH excluding ortho intramolecular Hbond substituents is 1. The number of nitrogens with one attached hydrogen (secondary N) is 1. The molecule has 2 heteroatoms. The molecule has 1 unspecified atom stereocenters. The van der Waals surface area contributed by atoms with Crippen LogP contribution in [0.15, 0.2) is 24.3 Å². The molecule has 2 rings (SSSR count). The Bertz CT molecular complexity index is 336. The molecular weight excluding hydrogens is 198 g/mol. The van der Waals surface area contributed by atoms with E-state index in [1.165, 1.54) is 24.8 Å². The average Bonchev–Trinajstić information content (AvgIpc) is 2.30. The summed E-state index contributed by atoms with van der Waals surface area (Å²) in [7, 11) is 0. The minimum absolute atomic E-state index is 0.103. The molecular formula is C14H21NO. The van der Waals surface area contributed by atoms with E-state index in [0.717, 1.165) is 6.54 Å².